The molecule has 0 atom stereocenters. The first-order chi connectivity index (χ1) is 8.35. The van der Waals surface area contributed by atoms with Gasteiger partial charge in [0.2, 0.25) is 0 Å². The summed E-state index contributed by atoms with van der Waals surface area (Å²) >= 11 is 0. The first-order valence-electron chi connectivity index (χ1n) is 5.54. The minimum atomic E-state index is -3.53. The van der Waals surface area contributed by atoms with Crippen molar-refractivity contribution in [2.45, 2.75) is 19.8 Å². The first-order valence-corrected chi connectivity index (χ1v) is 7.36. The molecule has 0 aliphatic carbocycles. The van der Waals surface area contributed by atoms with Crippen molar-refractivity contribution in [1.29, 1.82) is 0 Å². The summed E-state index contributed by atoms with van der Waals surface area (Å²) in [7, 11) is -3.53. The van der Waals surface area contributed by atoms with E-state index in [1.165, 1.54) is 0 Å². The van der Waals surface area contributed by atoms with Gasteiger partial charge in [-0.05, 0) is 18.6 Å². The van der Waals surface area contributed by atoms with E-state index >= 15 is 0 Å². The van der Waals surface area contributed by atoms with Gasteiger partial charge in [-0.3, -0.25) is 4.79 Å². The fraction of sp³-hybridized carbons (Fsp3) is 0.417. The molecule has 6 heteroatoms. The van der Waals surface area contributed by atoms with Crippen molar-refractivity contribution >= 4 is 15.6 Å². The molecule has 0 N–H and O–H groups in total. The molecule has 100 valence electrons. The third-order valence-corrected chi connectivity index (χ3v) is 4.00. The summed E-state index contributed by atoms with van der Waals surface area (Å²) in [5, 5.41) is 0. The largest absolute Gasteiger partial charge is 0.293 e. The Morgan fingerprint density at radius 2 is 1.94 bits per heavy atom. The Kier molecular flexibility index (Phi) is 4.95. The number of rotatable bonds is 6. The van der Waals surface area contributed by atoms with Gasteiger partial charge >= 0.3 is 0 Å². The van der Waals surface area contributed by atoms with Crippen molar-refractivity contribution < 1.29 is 22.0 Å². The Morgan fingerprint density at radius 1 is 1.28 bits per heavy atom. The maximum atomic E-state index is 13.3. The number of carbonyl (C=O) groups is 1. The molecule has 3 nitrogen and oxygen atoms in total. The second kappa shape index (κ2) is 6.04. The van der Waals surface area contributed by atoms with Gasteiger partial charge in [-0.2, -0.15) is 0 Å². The minimum absolute atomic E-state index is 0.0992. The van der Waals surface area contributed by atoms with Crippen molar-refractivity contribution in [3.05, 3.63) is 35.4 Å². The molecular weight excluding hydrogens is 262 g/mol. The predicted molar refractivity (Wildman–Crippen MR) is 64.3 cm³/mol. The number of hydrogen-bond acceptors (Lipinski definition) is 3. The van der Waals surface area contributed by atoms with Crippen molar-refractivity contribution in [3.63, 3.8) is 0 Å². The molecule has 0 aromatic heterocycles. The van der Waals surface area contributed by atoms with Gasteiger partial charge in [0.05, 0.1) is 11.3 Å². The molecule has 0 saturated carbocycles. The van der Waals surface area contributed by atoms with Crippen LogP contribution < -0.4 is 0 Å². The van der Waals surface area contributed by atoms with Crippen molar-refractivity contribution in [1.82, 2.24) is 0 Å². The molecule has 1 aromatic rings. The highest BCUT2D eigenvalue weighted by atomic mass is 32.2. The Balaban J connectivity index is 2.83. The van der Waals surface area contributed by atoms with Crippen LogP contribution in [0.1, 0.15) is 30.1 Å². The lowest BCUT2D eigenvalue weighted by Gasteiger charge is -2.04. The van der Waals surface area contributed by atoms with E-state index in [1.54, 1.807) is 0 Å². The van der Waals surface area contributed by atoms with E-state index in [2.05, 4.69) is 0 Å². The smallest absolute Gasteiger partial charge is 0.180 e. The third kappa shape index (κ3) is 4.18. The number of halogens is 2. The molecule has 0 saturated heterocycles. The molecule has 18 heavy (non-hydrogen) atoms. The second-order valence-corrected chi connectivity index (χ2v) is 6.18. The number of sulfone groups is 1. The summed E-state index contributed by atoms with van der Waals surface area (Å²) in [5.41, 5.74) is -0.392. The van der Waals surface area contributed by atoms with Crippen LogP contribution in [0.5, 0.6) is 0 Å². The van der Waals surface area contributed by atoms with Gasteiger partial charge in [-0.1, -0.05) is 13.3 Å². The maximum absolute atomic E-state index is 13.3. The quantitative estimate of drug-likeness (QED) is 0.749. The zero-order valence-corrected chi connectivity index (χ0v) is 10.8. The lowest BCUT2D eigenvalue weighted by Crippen LogP contribution is -2.20. The van der Waals surface area contributed by atoms with Crippen molar-refractivity contribution in [3.8, 4) is 0 Å². The predicted octanol–water partition coefficient (Wildman–Crippen LogP) is 2.36. The van der Waals surface area contributed by atoms with E-state index < -0.39 is 38.6 Å². The summed E-state index contributed by atoms with van der Waals surface area (Å²) in [5.74, 6) is -3.53. The van der Waals surface area contributed by atoms with Gasteiger partial charge < -0.3 is 0 Å². The van der Waals surface area contributed by atoms with E-state index in [0.717, 1.165) is 12.1 Å². The second-order valence-electron chi connectivity index (χ2n) is 3.99. The van der Waals surface area contributed by atoms with E-state index in [9.17, 15) is 22.0 Å². The van der Waals surface area contributed by atoms with Crippen LogP contribution in [0.15, 0.2) is 18.2 Å². The molecule has 0 fully saturated rings. The maximum Gasteiger partial charge on any atom is 0.180 e. The standard InChI is InChI=1S/C12H14F2O3S/c1-2-3-6-18(16,17)8-12(15)10-5-4-9(13)7-11(10)14/h4-5,7H,2-3,6,8H2,1H3. The number of ketones is 1. The van der Waals surface area contributed by atoms with Crippen LogP contribution in [0.3, 0.4) is 0 Å². The Labute approximate surface area is 105 Å². The highest BCUT2D eigenvalue weighted by molar-refractivity contribution is 7.92. The lowest BCUT2D eigenvalue weighted by atomic mass is 10.1. The average molecular weight is 276 g/mol. The van der Waals surface area contributed by atoms with Gasteiger partial charge in [0.1, 0.15) is 17.4 Å². The van der Waals surface area contributed by atoms with Crippen LogP contribution in [0.4, 0.5) is 8.78 Å². The molecule has 1 rings (SSSR count). The van der Waals surface area contributed by atoms with E-state index in [0.29, 0.717) is 18.9 Å². The Bertz CT molecular complexity index is 538. The van der Waals surface area contributed by atoms with Gasteiger partial charge in [0.25, 0.3) is 0 Å². The molecule has 0 radical (unpaired) electrons. The Morgan fingerprint density at radius 3 is 2.50 bits per heavy atom. The Hall–Kier alpha value is -1.30. The minimum Gasteiger partial charge on any atom is -0.293 e. The number of Topliss-reactive ketones (excluding diaryl/α,β-unsaturated/α-hetero) is 1. The average Bonchev–Trinajstić information content (AvgIpc) is 2.25. The first kappa shape index (κ1) is 14.8. The molecule has 1 aromatic carbocycles. The molecule has 0 heterocycles. The van der Waals surface area contributed by atoms with Crippen LogP contribution in [-0.2, 0) is 9.84 Å². The molecule has 0 aliphatic heterocycles. The number of carbonyl (C=O) groups excluding carboxylic acids is 1. The SMILES string of the molecule is CCCCS(=O)(=O)CC(=O)c1ccc(F)cc1F. The highest BCUT2D eigenvalue weighted by Crippen LogP contribution is 2.12. The fourth-order valence-corrected chi connectivity index (χ4v) is 2.86. The van der Waals surface area contributed by atoms with Crippen LogP contribution in [0.25, 0.3) is 0 Å². The summed E-state index contributed by atoms with van der Waals surface area (Å²) in [6.07, 6.45) is 1.15. The molecule has 0 aliphatic rings. The molecule has 0 unspecified atom stereocenters. The normalized spacial score (nSPS) is 11.5. The number of unbranched alkanes of at least 4 members (excludes halogenated alkanes) is 1. The van der Waals surface area contributed by atoms with Gasteiger partial charge in [0, 0.05) is 6.07 Å². The summed E-state index contributed by atoms with van der Waals surface area (Å²) < 4.78 is 49.0. The zero-order valence-electron chi connectivity index (χ0n) is 9.95. The monoisotopic (exact) mass is 276 g/mol. The molecule has 0 spiro atoms. The lowest BCUT2D eigenvalue weighted by molar-refractivity contribution is 0.101. The number of benzene rings is 1. The highest BCUT2D eigenvalue weighted by Gasteiger charge is 2.20. The molecule has 0 amide bonds. The van der Waals surface area contributed by atoms with E-state index in [1.807, 2.05) is 6.92 Å². The summed E-state index contributed by atoms with van der Waals surface area (Å²) in [6.45, 7) is 1.83. The van der Waals surface area contributed by atoms with Crippen LogP contribution >= 0.6 is 0 Å². The van der Waals surface area contributed by atoms with Gasteiger partial charge in [-0.25, -0.2) is 17.2 Å². The van der Waals surface area contributed by atoms with E-state index in [-0.39, 0.29) is 5.75 Å². The third-order valence-electron chi connectivity index (χ3n) is 2.39. The molecule has 0 bridgehead atoms. The topological polar surface area (TPSA) is 51.2 Å². The van der Waals surface area contributed by atoms with Gasteiger partial charge in [0.15, 0.2) is 15.6 Å². The van der Waals surface area contributed by atoms with Crippen LogP contribution in [0, 0.1) is 11.6 Å². The number of hydrogen-bond donors (Lipinski definition) is 0. The molecular formula is C12H14F2O3S. The van der Waals surface area contributed by atoms with Crippen molar-refractivity contribution in [2.24, 2.45) is 0 Å². The van der Waals surface area contributed by atoms with E-state index in [4.69, 9.17) is 0 Å². The van der Waals surface area contributed by atoms with Crippen molar-refractivity contribution in [2.75, 3.05) is 11.5 Å². The van der Waals surface area contributed by atoms with Crippen LogP contribution in [0.2, 0.25) is 0 Å². The summed E-state index contributed by atoms with van der Waals surface area (Å²) in [6, 6.07) is 2.45. The fourth-order valence-electron chi connectivity index (χ4n) is 1.43. The van der Waals surface area contributed by atoms with Gasteiger partial charge in [-0.15, -0.1) is 0 Å². The zero-order chi connectivity index (χ0) is 13.8. The summed E-state index contributed by atoms with van der Waals surface area (Å²) in [4.78, 5) is 11.6. The van der Waals surface area contributed by atoms with Crippen LogP contribution in [-0.4, -0.2) is 25.7 Å².